The number of hydrogen-bond donors (Lipinski definition) is 2. The van der Waals surface area contributed by atoms with Crippen molar-refractivity contribution in [1.29, 1.82) is 0 Å². The van der Waals surface area contributed by atoms with Crippen molar-refractivity contribution in [2.45, 2.75) is 51.7 Å². The standard InChI is InChI=1S/C20H24N6O3/c1-13-11-25(24-23-13)10-3-2-9-21-16-6-4-5-14-15(16)12-26(20(14)29)17-7-8-18(27)22-19(17)28/h4-6,11,17,21H,2-3,7-10,12H2,1H3,(H,22,27,28). The maximum absolute atomic E-state index is 12.8. The third-order valence-corrected chi connectivity index (χ3v) is 5.36. The minimum Gasteiger partial charge on any atom is -0.385 e. The summed E-state index contributed by atoms with van der Waals surface area (Å²) in [5, 5.41) is 13.8. The second kappa shape index (κ2) is 8.02. The Morgan fingerprint density at radius 1 is 1.24 bits per heavy atom. The van der Waals surface area contributed by atoms with E-state index in [-0.39, 0.29) is 24.1 Å². The number of carbonyl (C=O) groups is 3. The molecule has 29 heavy (non-hydrogen) atoms. The fourth-order valence-corrected chi connectivity index (χ4v) is 3.88. The molecule has 1 atom stereocenters. The number of fused-ring (bicyclic) bond motifs is 1. The van der Waals surface area contributed by atoms with Gasteiger partial charge in [0.05, 0.1) is 5.69 Å². The number of aromatic nitrogens is 3. The van der Waals surface area contributed by atoms with Crippen LogP contribution in [0.3, 0.4) is 0 Å². The van der Waals surface area contributed by atoms with Crippen LogP contribution < -0.4 is 10.6 Å². The zero-order valence-electron chi connectivity index (χ0n) is 16.4. The molecule has 2 aromatic rings. The number of piperidine rings is 1. The van der Waals surface area contributed by atoms with E-state index in [0.717, 1.165) is 42.9 Å². The maximum atomic E-state index is 12.8. The highest BCUT2D eigenvalue weighted by atomic mass is 16.2. The van der Waals surface area contributed by atoms with E-state index in [2.05, 4.69) is 20.9 Å². The molecule has 3 heterocycles. The molecular formula is C20H24N6O3. The average Bonchev–Trinajstić information content (AvgIpc) is 3.25. The van der Waals surface area contributed by atoms with Gasteiger partial charge in [-0.05, 0) is 38.3 Å². The number of rotatable bonds is 7. The van der Waals surface area contributed by atoms with Gasteiger partial charge >= 0.3 is 0 Å². The van der Waals surface area contributed by atoms with Crippen LogP contribution in [0.5, 0.6) is 0 Å². The van der Waals surface area contributed by atoms with Crippen molar-refractivity contribution in [3.8, 4) is 0 Å². The second-order valence-corrected chi connectivity index (χ2v) is 7.49. The van der Waals surface area contributed by atoms with Gasteiger partial charge in [-0.1, -0.05) is 11.3 Å². The van der Waals surface area contributed by atoms with Crippen LogP contribution >= 0.6 is 0 Å². The minimum absolute atomic E-state index is 0.153. The molecule has 1 unspecified atom stereocenters. The first-order valence-electron chi connectivity index (χ1n) is 9.90. The number of carbonyl (C=O) groups excluding carboxylic acids is 3. The minimum atomic E-state index is -0.591. The largest absolute Gasteiger partial charge is 0.385 e. The van der Waals surface area contributed by atoms with Gasteiger partial charge in [0.25, 0.3) is 5.91 Å². The maximum Gasteiger partial charge on any atom is 0.255 e. The Bertz CT molecular complexity index is 953. The van der Waals surface area contributed by atoms with Crippen LogP contribution in [-0.4, -0.2) is 50.2 Å². The molecule has 0 aliphatic carbocycles. The van der Waals surface area contributed by atoms with E-state index >= 15 is 0 Å². The molecule has 0 radical (unpaired) electrons. The third-order valence-electron chi connectivity index (χ3n) is 5.36. The second-order valence-electron chi connectivity index (χ2n) is 7.49. The normalized spacial score (nSPS) is 18.7. The molecule has 9 nitrogen and oxygen atoms in total. The smallest absolute Gasteiger partial charge is 0.255 e. The number of amides is 3. The quantitative estimate of drug-likeness (QED) is 0.538. The summed E-state index contributed by atoms with van der Waals surface area (Å²) in [5.74, 6) is -0.821. The van der Waals surface area contributed by atoms with Crippen molar-refractivity contribution in [3.63, 3.8) is 0 Å². The summed E-state index contributed by atoms with van der Waals surface area (Å²) in [6, 6.07) is 5.01. The van der Waals surface area contributed by atoms with Crippen molar-refractivity contribution >= 4 is 23.4 Å². The van der Waals surface area contributed by atoms with Crippen LogP contribution in [0.25, 0.3) is 0 Å². The van der Waals surface area contributed by atoms with Crippen molar-refractivity contribution in [2.75, 3.05) is 11.9 Å². The first-order valence-corrected chi connectivity index (χ1v) is 9.90. The van der Waals surface area contributed by atoms with E-state index in [4.69, 9.17) is 0 Å². The van der Waals surface area contributed by atoms with Gasteiger partial charge in [-0.25, -0.2) is 0 Å². The van der Waals surface area contributed by atoms with Gasteiger partial charge in [0.15, 0.2) is 0 Å². The van der Waals surface area contributed by atoms with E-state index in [1.807, 2.05) is 29.9 Å². The molecule has 1 aromatic carbocycles. The number of nitrogens with one attached hydrogen (secondary N) is 2. The number of anilines is 1. The lowest BCUT2D eigenvalue weighted by Gasteiger charge is -2.29. The van der Waals surface area contributed by atoms with Gasteiger partial charge in [0, 0.05) is 49.1 Å². The Hall–Kier alpha value is -3.23. The summed E-state index contributed by atoms with van der Waals surface area (Å²) in [4.78, 5) is 38.0. The molecule has 2 aliphatic rings. The molecule has 2 N–H and O–H groups in total. The molecule has 3 amide bonds. The highest BCUT2D eigenvalue weighted by Crippen LogP contribution is 2.32. The highest BCUT2D eigenvalue weighted by Gasteiger charge is 2.39. The lowest BCUT2D eigenvalue weighted by molar-refractivity contribution is -0.136. The zero-order chi connectivity index (χ0) is 20.4. The molecule has 2 aliphatic heterocycles. The van der Waals surface area contributed by atoms with Crippen LogP contribution in [0.2, 0.25) is 0 Å². The first-order chi connectivity index (χ1) is 14.0. The summed E-state index contributed by atoms with van der Waals surface area (Å²) >= 11 is 0. The summed E-state index contributed by atoms with van der Waals surface area (Å²) in [7, 11) is 0. The Morgan fingerprint density at radius 2 is 2.10 bits per heavy atom. The van der Waals surface area contributed by atoms with Crippen molar-refractivity contribution in [3.05, 3.63) is 41.2 Å². The number of nitrogens with zero attached hydrogens (tertiary/aromatic N) is 4. The molecule has 9 heteroatoms. The van der Waals surface area contributed by atoms with E-state index in [9.17, 15) is 14.4 Å². The fraction of sp³-hybridized carbons (Fsp3) is 0.450. The fourth-order valence-electron chi connectivity index (χ4n) is 3.88. The zero-order valence-corrected chi connectivity index (χ0v) is 16.4. The molecule has 4 rings (SSSR count). The lowest BCUT2D eigenvalue weighted by Crippen LogP contribution is -2.52. The number of benzene rings is 1. The number of hydrogen-bond acceptors (Lipinski definition) is 6. The Morgan fingerprint density at radius 3 is 2.86 bits per heavy atom. The molecule has 0 bridgehead atoms. The van der Waals surface area contributed by atoms with E-state index in [0.29, 0.717) is 18.5 Å². The van der Waals surface area contributed by atoms with Crippen molar-refractivity contribution < 1.29 is 14.4 Å². The third kappa shape index (κ3) is 3.98. The molecule has 0 spiro atoms. The molecule has 1 fully saturated rings. The van der Waals surface area contributed by atoms with Gasteiger partial charge in [-0.2, -0.15) is 0 Å². The highest BCUT2D eigenvalue weighted by molar-refractivity contribution is 6.06. The van der Waals surface area contributed by atoms with Crippen molar-refractivity contribution in [2.24, 2.45) is 0 Å². The number of aryl methyl sites for hydroxylation is 2. The van der Waals surface area contributed by atoms with E-state index in [1.165, 1.54) is 0 Å². The monoisotopic (exact) mass is 396 g/mol. The van der Waals surface area contributed by atoms with Gasteiger partial charge in [0.2, 0.25) is 11.8 Å². The van der Waals surface area contributed by atoms with E-state index in [1.54, 1.807) is 11.0 Å². The van der Waals surface area contributed by atoms with E-state index < -0.39 is 6.04 Å². The first kappa shape index (κ1) is 19.1. The van der Waals surface area contributed by atoms with Crippen molar-refractivity contribution in [1.82, 2.24) is 25.2 Å². The average molecular weight is 396 g/mol. The summed E-state index contributed by atoms with van der Waals surface area (Å²) in [6.07, 6.45) is 4.47. The molecular weight excluding hydrogens is 372 g/mol. The van der Waals surface area contributed by atoms with Crippen LogP contribution in [0, 0.1) is 6.92 Å². The summed E-state index contributed by atoms with van der Waals surface area (Å²) in [6.45, 7) is 3.89. The van der Waals surface area contributed by atoms with Crippen LogP contribution in [0.1, 0.15) is 47.3 Å². The predicted octanol–water partition coefficient (Wildman–Crippen LogP) is 1.24. The number of unbranched alkanes of at least 4 members (excludes halogenated alkanes) is 1. The van der Waals surface area contributed by atoms with Crippen LogP contribution in [0.15, 0.2) is 24.4 Å². The van der Waals surface area contributed by atoms with Gasteiger partial charge in [0.1, 0.15) is 6.04 Å². The van der Waals surface area contributed by atoms with Gasteiger partial charge in [-0.3, -0.25) is 24.4 Å². The van der Waals surface area contributed by atoms with Crippen LogP contribution in [0.4, 0.5) is 5.69 Å². The SMILES string of the molecule is Cc1cn(CCCCNc2cccc3c2CN(C2CCC(=O)NC2=O)C3=O)nn1. The molecule has 152 valence electrons. The Labute approximate surface area is 168 Å². The lowest BCUT2D eigenvalue weighted by atomic mass is 10.0. The summed E-state index contributed by atoms with van der Waals surface area (Å²) < 4.78 is 1.84. The Balaban J connectivity index is 1.35. The topological polar surface area (TPSA) is 109 Å². The molecule has 0 saturated carbocycles. The van der Waals surface area contributed by atoms with Crippen LogP contribution in [-0.2, 0) is 22.7 Å². The summed E-state index contributed by atoms with van der Waals surface area (Å²) in [5.41, 5.74) is 3.36. The molecule has 1 aromatic heterocycles. The predicted molar refractivity (Wildman–Crippen MR) is 105 cm³/mol. The van der Waals surface area contributed by atoms with Gasteiger partial charge < -0.3 is 10.2 Å². The molecule has 1 saturated heterocycles. The van der Waals surface area contributed by atoms with Gasteiger partial charge in [-0.15, -0.1) is 5.10 Å². The Kier molecular flexibility index (Phi) is 5.28. The number of imide groups is 1.